The van der Waals surface area contributed by atoms with Gasteiger partial charge in [-0.25, -0.2) is 4.39 Å². The summed E-state index contributed by atoms with van der Waals surface area (Å²) in [4.78, 5) is 62.9. The summed E-state index contributed by atoms with van der Waals surface area (Å²) in [7, 11) is -0.264. The molecule has 0 bridgehead atoms. The fourth-order valence-electron chi connectivity index (χ4n) is 4.70. The number of carbonyl (C=O) groups excluding carboxylic acids is 4. The normalized spacial score (nSPS) is 27.7. The lowest BCUT2D eigenvalue weighted by Gasteiger charge is -2.55. The number of nitrogens with two attached hydrogens (primary N) is 1. The summed E-state index contributed by atoms with van der Waals surface area (Å²) in [6.07, 6.45) is 4.42. The number of nitrogens with zero attached hydrogens (tertiary/aromatic N) is 6. The van der Waals surface area contributed by atoms with Crippen LogP contribution in [0.4, 0.5) is 9.52 Å². The maximum absolute atomic E-state index is 13.0. The molecule has 4 aliphatic rings. The lowest BCUT2D eigenvalue weighted by Crippen LogP contribution is -2.75. The Bertz CT molecular complexity index is 1310. The standard InChI is InChI=1S/C20H22FN9O6S3/c1-39-3-2-28-9-29(13(17(28)39)23-8-31)4-20(18(34)35)5-30-15(33)11(16(30)37-6-20)24-14(32)10(26-36-7-21)12-25-19(22)38-27-12/h2-3,8,11,16H,4-7,9H2,1H3,(H4-,22,23,24,25,27,31,32,34,35)/t11-,16-,20?,39?/m1/s1. The highest BCUT2D eigenvalue weighted by Gasteiger charge is 2.57. The molecule has 0 radical (unpaired) electrons. The van der Waals surface area contributed by atoms with Crippen LogP contribution in [0.15, 0.2) is 27.6 Å². The van der Waals surface area contributed by atoms with Crippen LogP contribution in [0.2, 0.25) is 0 Å². The third-order valence-electron chi connectivity index (χ3n) is 6.48. The molecular weight excluding hydrogens is 577 g/mol. The Kier molecular flexibility index (Phi) is 7.29. The van der Waals surface area contributed by atoms with Gasteiger partial charge >= 0.3 is 0 Å². The third-order valence-corrected chi connectivity index (χ3v) is 10.2. The summed E-state index contributed by atoms with van der Waals surface area (Å²) >= 11 is 1.98. The summed E-state index contributed by atoms with van der Waals surface area (Å²) in [6, 6.07) is -0.993. The second-order valence-corrected chi connectivity index (χ2v) is 12.6. The summed E-state index contributed by atoms with van der Waals surface area (Å²) in [6.45, 7) is -1.12. The molecule has 0 aromatic carbocycles. The van der Waals surface area contributed by atoms with Crippen molar-refractivity contribution in [1.82, 2.24) is 34.7 Å². The molecule has 39 heavy (non-hydrogen) atoms. The van der Waals surface area contributed by atoms with Gasteiger partial charge in [-0.05, 0) is 0 Å². The largest absolute Gasteiger partial charge is 0.549 e. The number of rotatable bonds is 10. The van der Waals surface area contributed by atoms with Crippen LogP contribution in [0.25, 0.3) is 0 Å². The van der Waals surface area contributed by atoms with E-state index in [4.69, 9.17) is 5.73 Å². The van der Waals surface area contributed by atoms with Crippen LogP contribution in [0.1, 0.15) is 5.82 Å². The molecule has 0 spiro atoms. The number of aromatic nitrogens is 2. The molecule has 19 heteroatoms. The zero-order valence-corrected chi connectivity index (χ0v) is 22.7. The first-order chi connectivity index (χ1) is 18.7. The number of carboxylic acids is 1. The smallest absolute Gasteiger partial charge is 0.278 e. The number of carboxylic acid groups (broad SMARTS) is 1. The van der Waals surface area contributed by atoms with Crippen LogP contribution >= 0.6 is 23.3 Å². The molecule has 4 aliphatic heterocycles. The van der Waals surface area contributed by atoms with E-state index >= 15 is 0 Å². The first-order valence-corrected chi connectivity index (χ1v) is 14.8. The van der Waals surface area contributed by atoms with Crippen molar-refractivity contribution < 1.29 is 33.5 Å². The fourth-order valence-corrected chi connectivity index (χ4v) is 8.10. The molecule has 2 unspecified atom stereocenters. The van der Waals surface area contributed by atoms with E-state index < -0.39 is 47.2 Å². The number of nitrogen functional groups attached to an aromatic ring is 1. The summed E-state index contributed by atoms with van der Waals surface area (Å²) in [5, 5.41) is 23.5. The topological polar surface area (TPSA) is 199 Å². The average Bonchev–Trinajstić information content (AvgIpc) is 3.59. The lowest BCUT2D eigenvalue weighted by atomic mass is 9.86. The van der Waals surface area contributed by atoms with E-state index in [9.17, 15) is 28.7 Å². The van der Waals surface area contributed by atoms with Gasteiger partial charge < -0.3 is 40.9 Å². The molecule has 15 nitrogen and oxygen atoms in total. The number of fused-ring (bicyclic) bond motifs is 2. The van der Waals surface area contributed by atoms with E-state index in [1.165, 1.54) is 16.7 Å². The van der Waals surface area contributed by atoms with Crippen LogP contribution in [-0.2, 0) is 34.9 Å². The molecule has 4 atom stereocenters. The average molecular weight is 600 g/mol. The number of halogens is 1. The molecule has 0 aliphatic carbocycles. The van der Waals surface area contributed by atoms with Gasteiger partial charge in [-0.1, -0.05) is 5.16 Å². The number of β-lactam (4-membered cyclic amide) rings is 1. The van der Waals surface area contributed by atoms with Crippen molar-refractivity contribution in [2.75, 3.05) is 44.4 Å². The van der Waals surface area contributed by atoms with Crippen molar-refractivity contribution in [3.8, 4) is 0 Å². The quantitative estimate of drug-likeness (QED) is 0.0816. The first kappa shape index (κ1) is 27.0. The molecule has 208 valence electrons. The van der Waals surface area contributed by atoms with Crippen molar-refractivity contribution in [2.45, 2.75) is 11.4 Å². The number of alkyl halides is 1. The van der Waals surface area contributed by atoms with Gasteiger partial charge in [0, 0.05) is 30.4 Å². The third kappa shape index (κ3) is 4.73. The monoisotopic (exact) mass is 599 g/mol. The van der Waals surface area contributed by atoms with E-state index in [1.54, 1.807) is 4.90 Å². The van der Waals surface area contributed by atoms with Gasteiger partial charge in [-0.3, -0.25) is 19.3 Å². The van der Waals surface area contributed by atoms with E-state index in [1.807, 2.05) is 22.8 Å². The van der Waals surface area contributed by atoms with Crippen molar-refractivity contribution in [3.05, 3.63) is 28.3 Å². The van der Waals surface area contributed by atoms with Gasteiger partial charge in [0.1, 0.15) is 29.7 Å². The zero-order valence-electron chi connectivity index (χ0n) is 20.2. The predicted molar refractivity (Wildman–Crippen MR) is 137 cm³/mol. The number of anilines is 1. The minimum atomic E-state index is -1.44. The van der Waals surface area contributed by atoms with E-state index in [-0.39, 0.29) is 40.7 Å². The number of thioether (sulfide) groups is 1. The minimum Gasteiger partial charge on any atom is -0.549 e. The van der Waals surface area contributed by atoms with E-state index in [2.05, 4.69) is 30.0 Å². The number of carbonyl (C=O) groups is 4. The fraction of sp³-hybridized carbons (Fsp3) is 0.450. The van der Waals surface area contributed by atoms with Crippen LogP contribution < -0.4 is 21.5 Å². The first-order valence-electron chi connectivity index (χ1n) is 11.3. The molecule has 1 aromatic rings. The summed E-state index contributed by atoms with van der Waals surface area (Å²) in [5.41, 5.74) is 3.65. The van der Waals surface area contributed by atoms with Crippen LogP contribution in [0, 0.1) is 5.41 Å². The molecule has 3 amide bonds. The van der Waals surface area contributed by atoms with Gasteiger partial charge in [-0.2, -0.15) is 9.36 Å². The number of hydrogen-bond acceptors (Lipinski definition) is 14. The maximum Gasteiger partial charge on any atom is 0.278 e. The Labute approximate surface area is 231 Å². The Morgan fingerprint density at radius 2 is 2.28 bits per heavy atom. The number of oxime groups is 1. The number of amides is 3. The Morgan fingerprint density at radius 1 is 1.49 bits per heavy atom. The van der Waals surface area contributed by atoms with E-state index in [0.29, 0.717) is 18.9 Å². The maximum atomic E-state index is 13.0. The number of hydrogen-bond donors (Lipinski definition) is 3. The number of aliphatic carboxylic acids is 1. The van der Waals surface area contributed by atoms with Gasteiger partial charge in [0.25, 0.3) is 17.8 Å². The molecule has 2 saturated heterocycles. The van der Waals surface area contributed by atoms with Crippen LogP contribution in [0.3, 0.4) is 0 Å². The Morgan fingerprint density at radius 3 is 2.95 bits per heavy atom. The molecule has 1 aromatic heterocycles. The van der Waals surface area contributed by atoms with Crippen molar-refractivity contribution in [3.63, 3.8) is 0 Å². The predicted octanol–water partition coefficient (Wildman–Crippen LogP) is -2.92. The molecule has 5 rings (SSSR count). The van der Waals surface area contributed by atoms with Gasteiger partial charge in [-0.15, -0.1) is 11.8 Å². The van der Waals surface area contributed by atoms with Gasteiger partial charge in [0.2, 0.25) is 23.9 Å². The molecule has 4 N–H and O–H groups in total. The van der Waals surface area contributed by atoms with Gasteiger partial charge in [0.15, 0.2) is 11.0 Å². The second kappa shape index (κ2) is 10.5. The van der Waals surface area contributed by atoms with Gasteiger partial charge in [0.05, 0.1) is 28.5 Å². The van der Waals surface area contributed by atoms with E-state index in [0.717, 1.165) is 16.6 Å². The molecular formula is C20H22FN9O6S3. The Hall–Kier alpha value is -3.58. The van der Waals surface area contributed by atoms with Crippen molar-refractivity contribution >= 4 is 69.2 Å². The molecule has 2 fully saturated rings. The van der Waals surface area contributed by atoms with Crippen molar-refractivity contribution in [2.24, 2.45) is 10.6 Å². The van der Waals surface area contributed by atoms with Crippen LogP contribution in [0.5, 0.6) is 0 Å². The zero-order chi connectivity index (χ0) is 27.9. The highest BCUT2D eigenvalue weighted by Crippen LogP contribution is 2.44. The highest BCUT2D eigenvalue weighted by atomic mass is 32.2. The summed E-state index contributed by atoms with van der Waals surface area (Å²) in [5.74, 6) is -2.30. The van der Waals surface area contributed by atoms with Crippen LogP contribution in [-0.4, -0.2) is 104 Å². The van der Waals surface area contributed by atoms with Crippen molar-refractivity contribution in [1.29, 1.82) is 0 Å². The molecule has 0 saturated carbocycles. The summed E-state index contributed by atoms with van der Waals surface area (Å²) < 4.78 is 16.4. The lowest BCUT2D eigenvalue weighted by molar-refractivity contribution is -0.319. The molecule has 5 heterocycles. The minimum absolute atomic E-state index is 0.00857. The highest BCUT2D eigenvalue weighted by molar-refractivity contribution is 8.02. The SMILES string of the molecule is C[S+]1C=CN2CN(CC3(C(=O)[O-])CS[C@@H]4[C@H](NC(=O)C(=NOCF)c5nsc(N)n5)C(=O)N4C3)C(NC=O)=C21. The Balaban J connectivity index is 1.29. The number of nitrogens with one attached hydrogen (secondary N) is 2. The second-order valence-electron chi connectivity index (χ2n) is 8.89.